The molecule has 0 radical (unpaired) electrons. The molecule has 0 aliphatic rings. The molecule has 1 heterocycles. The maximum Gasteiger partial charge on any atom is 0.130 e. The first-order valence-electron chi connectivity index (χ1n) is 4.74. The number of halogens is 2. The molecular weight excluding hydrogens is 306 g/mol. The topological polar surface area (TPSA) is 12.9 Å². The lowest BCUT2D eigenvalue weighted by Crippen LogP contribution is -1.85. The van der Waals surface area contributed by atoms with Crippen LogP contribution in [0.3, 0.4) is 0 Å². The molecule has 0 atom stereocenters. The Balaban J connectivity index is 2.08. The summed E-state index contributed by atoms with van der Waals surface area (Å²) in [6.07, 6.45) is 0. The van der Waals surface area contributed by atoms with E-state index in [4.69, 9.17) is 11.6 Å². The van der Waals surface area contributed by atoms with E-state index in [-0.39, 0.29) is 0 Å². The van der Waals surface area contributed by atoms with Crippen LogP contribution in [0.2, 0.25) is 5.15 Å². The molecular formula is C12H9BrClNS. The molecule has 16 heavy (non-hydrogen) atoms. The maximum absolute atomic E-state index is 5.85. The summed E-state index contributed by atoms with van der Waals surface area (Å²) in [5.41, 5.74) is 1.28. The summed E-state index contributed by atoms with van der Waals surface area (Å²) in [6, 6.07) is 14.0. The highest BCUT2D eigenvalue weighted by Gasteiger charge is 2.03. The summed E-state index contributed by atoms with van der Waals surface area (Å²) in [6.45, 7) is 0. The van der Waals surface area contributed by atoms with Crippen molar-refractivity contribution in [3.8, 4) is 0 Å². The highest BCUT2D eigenvalue weighted by Crippen LogP contribution is 2.29. The van der Waals surface area contributed by atoms with Gasteiger partial charge in [-0.15, -0.1) is 11.8 Å². The maximum atomic E-state index is 5.85. The third-order valence-electron chi connectivity index (χ3n) is 2.00. The molecule has 4 heteroatoms. The predicted molar refractivity (Wildman–Crippen MR) is 73.0 cm³/mol. The number of rotatable bonds is 3. The zero-order valence-electron chi connectivity index (χ0n) is 8.36. The van der Waals surface area contributed by atoms with Gasteiger partial charge in [-0.1, -0.05) is 41.9 Å². The molecule has 1 nitrogen and oxygen atoms in total. The van der Waals surface area contributed by atoms with Crippen LogP contribution in [-0.2, 0) is 5.75 Å². The summed E-state index contributed by atoms with van der Waals surface area (Å²) in [4.78, 5) is 4.27. The number of pyridine rings is 1. The molecule has 0 saturated carbocycles. The molecule has 0 fully saturated rings. The van der Waals surface area contributed by atoms with Gasteiger partial charge in [0.2, 0.25) is 0 Å². The van der Waals surface area contributed by atoms with Gasteiger partial charge in [0.25, 0.3) is 0 Å². The number of hydrogen-bond acceptors (Lipinski definition) is 2. The van der Waals surface area contributed by atoms with Gasteiger partial charge in [-0.2, -0.15) is 0 Å². The van der Waals surface area contributed by atoms with Crippen molar-refractivity contribution in [2.24, 2.45) is 0 Å². The Morgan fingerprint density at radius 2 is 1.88 bits per heavy atom. The minimum Gasteiger partial charge on any atom is -0.229 e. The summed E-state index contributed by atoms with van der Waals surface area (Å²) >= 11 is 11.0. The standard InChI is InChI=1S/C12H9BrClNS/c13-10-6-7-11(14)15-12(10)16-8-9-4-2-1-3-5-9/h1-7H,8H2. The summed E-state index contributed by atoms with van der Waals surface area (Å²) < 4.78 is 0.984. The zero-order valence-corrected chi connectivity index (χ0v) is 11.5. The van der Waals surface area contributed by atoms with E-state index in [2.05, 4.69) is 33.0 Å². The van der Waals surface area contributed by atoms with E-state index in [0.717, 1.165) is 15.3 Å². The first kappa shape index (κ1) is 12.0. The lowest BCUT2D eigenvalue weighted by atomic mass is 10.2. The highest BCUT2D eigenvalue weighted by atomic mass is 79.9. The van der Waals surface area contributed by atoms with E-state index in [0.29, 0.717) is 5.15 Å². The number of thioether (sulfide) groups is 1. The monoisotopic (exact) mass is 313 g/mol. The third kappa shape index (κ3) is 3.24. The molecule has 1 aromatic carbocycles. The molecule has 0 aliphatic carbocycles. The number of nitrogens with zero attached hydrogens (tertiary/aromatic N) is 1. The van der Waals surface area contributed by atoms with E-state index >= 15 is 0 Å². The normalized spacial score (nSPS) is 10.4. The van der Waals surface area contributed by atoms with E-state index in [1.807, 2.05) is 24.3 Å². The number of aromatic nitrogens is 1. The minimum absolute atomic E-state index is 0.527. The van der Waals surface area contributed by atoms with E-state index in [1.54, 1.807) is 17.8 Å². The van der Waals surface area contributed by atoms with Gasteiger partial charge in [-0.25, -0.2) is 4.98 Å². The van der Waals surface area contributed by atoms with Gasteiger partial charge in [0.15, 0.2) is 0 Å². The van der Waals surface area contributed by atoms with Gasteiger partial charge in [0, 0.05) is 10.2 Å². The van der Waals surface area contributed by atoms with E-state index in [1.165, 1.54) is 5.56 Å². The lowest BCUT2D eigenvalue weighted by molar-refractivity contribution is 1.11. The second-order valence-electron chi connectivity index (χ2n) is 3.20. The smallest absolute Gasteiger partial charge is 0.130 e. The predicted octanol–water partition coefficient (Wildman–Crippen LogP) is 4.79. The number of benzene rings is 1. The Bertz CT molecular complexity index is 476. The fraction of sp³-hybridized carbons (Fsp3) is 0.0833. The van der Waals surface area contributed by atoms with Crippen molar-refractivity contribution in [1.82, 2.24) is 4.98 Å². The van der Waals surface area contributed by atoms with Crippen LogP contribution in [0.15, 0.2) is 52.0 Å². The SMILES string of the molecule is Clc1ccc(Br)c(SCc2ccccc2)n1. The van der Waals surface area contributed by atoms with Crippen LogP contribution in [0.5, 0.6) is 0 Å². The molecule has 0 bridgehead atoms. The fourth-order valence-corrected chi connectivity index (χ4v) is 2.85. The van der Waals surface area contributed by atoms with Crippen LogP contribution in [0.1, 0.15) is 5.56 Å². The Kier molecular flexibility index (Phi) is 4.27. The van der Waals surface area contributed by atoms with Crippen molar-refractivity contribution < 1.29 is 0 Å². The first-order valence-corrected chi connectivity index (χ1v) is 6.90. The number of hydrogen-bond donors (Lipinski definition) is 0. The fourth-order valence-electron chi connectivity index (χ4n) is 1.23. The lowest BCUT2D eigenvalue weighted by Gasteiger charge is -2.03. The van der Waals surface area contributed by atoms with Crippen molar-refractivity contribution in [2.75, 3.05) is 0 Å². The second-order valence-corrected chi connectivity index (χ2v) is 5.40. The Morgan fingerprint density at radius 1 is 1.12 bits per heavy atom. The van der Waals surface area contributed by atoms with E-state index in [9.17, 15) is 0 Å². The van der Waals surface area contributed by atoms with Crippen molar-refractivity contribution in [1.29, 1.82) is 0 Å². The van der Waals surface area contributed by atoms with Gasteiger partial charge in [0.05, 0.1) is 0 Å². The van der Waals surface area contributed by atoms with Gasteiger partial charge in [-0.05, 0) is 33.6 Å². The molecule has 0 saturated heterocycles. The van der Waals surface area contributed by atoms with E-state index < -0.39 is 0 Å². The average molecular weight is 315 g/mol. The van der Waals surface area contributed by atoms with Gasteiger partial charge < -0.3 is 0 Å². The Morgan fingerprint density at radius 3 is 2.62 bits per heavy atom. The van der Waals surface area contributed by atoms with Crippen LogP contribution in [-0.4, -0.2) is 4.98 Å². The molecule has 0 amide bonds. The van der Waals surface area contributed by atoms with Gasteiger partial charge >= 0.3 is 0 Å². The average Bonchev–Trinajstić information content (AvgIpc) is 2.32. The molecule has 0 unspecified atom stereocenters. The Hall–Kier alpha value is -0.510. The molecule has 1 aromatic heterocycles. The van der Waals surface area contributed by atoms with Crippen molar-refractivity contribution in [3.05, 3.63) is 57.7 Å². The largest absolute Gasteiger partial charge is 0.229 e. The molecule has 82 valence electrons. The van der Waals surface area contributed by atoms with Crippen LogP contribution in [0, 0.1) is 0 Å². The highest BCUT2D eigenvalue weighted by molar-refractivity contribution is 9.10. The van der Waals surface area contributed by atoms with Crippen LogP contribution >= 0.6 is 39.3 Å². The van der Waals surface area contributed by atoms with Crippen molar-refractivity contribution >= 4 is 39.3 Å². The summed E-state index contributed by atoms with van der Waals surface area (Å²) in [5.74, 6) is 0.896. The molecule has 2 aromatic rings. The van der Waals surface area contributed by atoms with Crippen molar-refractivity contribution in [3.63, 3.8) is 0 Å². The Labute approximate surface area is 112 Å². The first-order chi connectivity index (χ1) is 7.75. The third-order valence-corrected chi connectivity index (χ3v) is 4.17. The van der Waals surface area contributed by atoms with Crippen LogP contribution in [0.25, 0.3) is 0 Å². The quantitative estimate of drug-likeness (QED) is 0.597. The minimum atomic E-state index is 0.527. The van der Waals surface area contributed by atoms with Gasteiger partial charge in [0.1, 0.15) is 10.2 Å². The van der Waals surface area contributed by atoms with Gasteiger partial charge in [-0.3, -0.25) is 0 Å². The van der Waals surface area contributed by atoms with Crippen LogP contribution in [0.4, 0.5) is 0 Å². The van der Waals surface area contributed by atoms with Crippen molar-refractivity contribution in [2.45, 2.75) is 10.8 Å². The van der Waals surface area contributed by atoms with Crippen LogP contribution < -0.4 is 0 Å². The summed E-state index contributed by atoms with van der Waals surface area (Å²) in [7, 11) is 0. The molecule has 0 N–H and O–H groups in total. The summed E-state index contributed by atoms with van der Waals surface area (Å²) in [5, 5.41) is 1.45. The molecule has 2 rings (SSSR count). The molecule has 0 spiro atoms. The molecule has 0 aliphatic heterocycles. The zero-order chi connectivity index (χ0) is 11.4. The second kappa shape index (κ2) is 5.71.